The summed E-state index contributed by atoms with van der Waals surface area (Å²) >= 11 is 7.25. The van der Waals surface area contributed by atoms with E-state index in [0.29, 0.717) is 17.4 Å². The number of rotatable bonds is 4. The van der Waals surface area contributed by atoms with Gasteiger partial charge in [-0.05, 0) is 28.4 Å². The van der Waals surface area contributed by atoms with E-state index >= 15 is 0 Å². The Morgan fingerprint density at radius 3 is 2.94 bits per heavy atom. The Morgan fingerprint density at radius 2 is 2.33 bits per heavy atom. The fourth-order valence-corrected chi connectivity index (χ4v) is 2.00. The lowest BCUT2D eigenvalue weighted by Crippen LogP contribution is -2.38. The topological polar surface area (TPSA) is 74.6 Å². The van der Waals surface area contributed by atoms with Crippen LogP contribution in [0.25, 0.3) is 0 Å². The number of amides is 2. The molecule has 0 aliphatic carbocycles. The number of thiol groups is 1. The van der Waals surface area contributed by atoms with Crippen LogP contribution in [0.1, 0.15) is 6.42 Å². The van der Waals surface area contributed by atoms with Gasteiger partial charge in [0, 0.05) is 30.9 Å². The number of anilines is 1. The third-order valence-electron chi connectivity index (χ3n) is 2.16. The van der Waals surface area contributed by atoms with Crippen molar-refractivity contribution in [3.63, 3.8) is 0 Å². The number of pyridine rings is 1. The zero-order chi connectivity index (χ0) is 13.7. The van der Waals surface area contributed by atoms with Gasteiger partial charge in [-0.25, -0.2) is 9.10 Å². The van der Waals surface area contributed by atoms with Crippen LogP contribution in [0.5, 0.6) is 0 Å². The molecule has 2 N–H and O–H groups in total. The van der Waals surface area contributed by atoms with Gasteiger partial charge in [0.05, 0.1) is 0 Å². The summed E-state index contributed by atoms with van der Waals surface area (Å²) in [5.74, 6) is 0. The van der Waals surface area contributed by atoms with Crippen LogP contribution in [-0.4, -0.2) is 28.9 Å². The van der Waals surface area contributed by atoms with Gasteiger partial charge in [0.25, 0.3) is 5.56 Å². The van der Waals surface area contributed by atoms with Crippen LogP contribution in [0, 0.1) is 0 Å². The number of aliphatic hydroxyl groups excluding tert-OH is 1. The molecule has 0 aromatic carbocycles. The van der Waals surface area contributed by atoms with E-state index in [1.165, 1.54) is 10.6 Å². The predicted octanol–water partition coefficient (Wildman–Crippen LogP) is 0.891. The highest BCUT2D eigenvalue weighted by Gasteiger charge is 2.16. The quantitative estimate of drug-likeness (QED) is 0.565. The van der Waals surface area contributed by atoms with Gasteiger partial charge in [-0.15, -0.1) is 0 Å². The first-order valence-corrected chi connectivity index (χ1v) is 6.40. The van der Waals surface area contributed by atoms with Crippen molar-refractivity contribution in [2.75, 3.05) is 17.5 Å². The molecule has 1 aromatic heterocycles. The Kier molecular flexibility index (Phi) is 5.70. The molecule has 0 saturated carbocycles. The number of nitrogens with zero attached hydrogens (tertiary/aromatic N) is 2. The molecule has 0 aliphatic rings. The molecule has 0 unspecified atom stereocenters. The Labute approximate surface area is 118 Å². The maximum Gasteiger partial charge on any atom is 0.332 e. The van der Waals surface area contributed by atoms with E-state index in [1.54, 1.807) is 13.2 Å². The maximum atomic E-state index is 11.8. The van der Waals surface area contributed by atoms with Crippen LogP contribution in [0.4, 0.5) is 10.5 Å². The van der Waals surface area contributed by atoms with Crippen LogP contribution in [0.15, 0.2) is 21.5 Å². The standard InChI is InChI=1S/C10H14BrN3O3S/c1-13-6-7(11)5-8(9(13)16)14(18)10(17)12-3-2-4-15/h5-6,15,18H,2-4H2,1H3,(H,12,17). The number of halogens is 1. The first-order valence-electron chi connectivity index (χ1n) is 5.21. The number of aryl methyl sites for hydroxylation is 1. The van der Waals surface area contributed by atoms with Crippen LogP contribution in [-0.2, 0) is 7.05 Å². The monoisotopic (exact) mass is 335 g/mol. The maximum absolute atomic E-state index is 11.8. The highest BCUT2D eigenvalue weighted by molar-refractivity contribution is 9.10. The molecule has 1 heterocycles. The number of aromatic nitrogens is 1. The molecule has 1 aromatic rings. The average molecular weight is 336 g/mol. The summed E-state index contributed by atoms with van der Waals surface area (Å²) in [6, 6.07) is 1.00. The minimum atomic E-state index is -0.512. The normalized spacial score (nSPS) is 10.2. The van der Waals surface area contributed by atoms with E-state index in [2.05, 4.69) is 34.1 Å². The third-order valence-corrected chi connectivity index (χ3v) is 2.99. The number of hydrogen-bond acceptors (Lipinski definition) is 4. The van der Waals surface area contributed by atoms with Gasteiger partial charge in [0.15, 0.2) is 0 Å². The van der Waals surface area contributed by atoms with Crippen LogP contribution >= 0.6 is 28.7 Å². The van der Waals surface area contributed by atoms with Gasteiger partial charge in [0.2, 0.25) is 0 Å². The van der Waals surface area contributed by atoms with Crippen molar-refractivity contribution < 1.29 is 9.90 Å². The molecular weight excluding hydrogens is 322 g/mol. The Morgan fingerprint density at radius 1 is 1.67 bits per heavy atom. The number of carbonyl (C=O) groups excluding carboxylic acids is 1. The number of carbonyl (C=O) groups is 1. The van der Waals surface area contributed by atoms with Crippen LogP contribution in [0.3, 0.4) is 0 Å². The lowest BCUT2D eigenvalue weighted by Gasteiger charge is -2.16. The molecule has 0 spiro atoms. The molecule has 0 radical (unpaired) electrons. The molecule has 100 valence electrons. The van der Waals surface area contributed by atoms with Gasteiger partial charge in [0.1, 0.15) is 5.69 Å². The van der Waals surface area contributed by atoms with Crippen molar-refractivity contribution in [1.82, 2.24) is 9.88 Å². The van der Waals surface area contributed by atoms with Crippen molar-refractivity contribution in [3.05, 3.63) is 27.1 Å². The van der Waals surface area contributed by atoms with E-state index in [-0.39, 0.29) is 17.9 Å². The highest BCUT2D eigenvalue weighted by Crippen LogP contribution is 2.17. The minimum Gasteiger partial charge on any atom is -0.396 e. The SMILES string of the molecule is Cn1cc(Br)cc(N(S)C(=O)NCCCO)c1=O. The molecule has 2 amide bonds. The van der Waals surface area contributed by atoms with E-state index in [9.17, 15) is 9.59 Å². The second kappa shape index (κ2) is 6.81. The van der Waals surface area contributed by atoms with Crippen molar-refractivity contribution in [2.24, 2.45) is 7.05 Å². The predicted molar refractivity (Wildman–Crippen MR) is 75.9 cm³/mol. The van der Waals surface area contributed by atoms with E-state index in [0.717, 1.165) is 4.31 Å². The number of aliphatic hydroxyl groups is 1. The van der Waals surface area contributed by atoms with E-state index < -0.39 is 6.03 Å². The smallest absolute Gasteiger partial charge is 0.332 e. The summed E-state index contributed by atoms with van der Waals surface area (Å²) in [5, 5.41) is 11.1. The molecule has 8 heteroatoms. The Bertz CT molecular complexity index is 492. The van der Waals surface area contributed by atoms with Gasteiger partial charge >= 0.3 is 6.03 Å². The number of hydrogen-bond donors (Lipinski definition) is 3. The molecule has 6 nitrogen and oxygen atoms in total. The van der Waals surface area contributed by atoms with Crippen molar-refractivity contribution in [3.8, 4) is 0 Å². The van der Waals surface area contributed by atoms with Crippen molar-refractivity contribution in [2.45, 2.75) is 6.42 Å². The van der Waals surface area contributed by atoms with E-state index in [1.807, 2.05) is 0 Å². The van der Waals surface area contributed by atoms with Gasteiger partial charge in [-0.3, -0.25) is 4.79 Å². The summed E-state index contributed by atoms with van der Waals surface area (Å²) in [6.07, 6.45) is 2.04. The molecule has 0 saturated heterocycles. The zero-order valence-electron chi connectivity index (χ0n) is 9.76. The van der Waals surface area contributed by atoms with Gasteiger partial charge in [-0.2, -0.15) is 0 Å². The largest absolute Gasteiger partial charge is 0.396 e. The average Bonchev–Trinajstić information content (AvgIpc) is 2.33. The van der Waals surface area contributed by atoms with Crippen molar-refractivity contribution >= 4 is 40.5 Å². The summed E-state index contributed by atoms with van der Waals surface area (Å²) < 4.78 is 2.97. The summed E-state index contributed by atoms with van der Waals surface area (Å²) in [6.45, 7) is 0.312. The molecule has 0 aliphatic heterocycles. The lowest BCUT2D eigenvalue weighted by molar-refractivity contribution is 0.246. The van der Waals surface area contributed by atoms with Crippen LogP contribution < -0.4 is 15.2 Å². The molecular formula is C10H14BrN3O3S. The molecule has 1 rings (SSSR count). The highest BCUT2D eigenvalue weighted by atomic mass is 79.9. The minimum absolute atomic E-state index is 0.00843. The molecule has 0 atom stereocenters. The Hall–Kier alpha value is -0.990. The van der Waals surface area contributed by atoms with Gasteiger partial charge in [-0.1, -0.05) is 12.8 Å². The fraction of sp³-hybridized carbons (Fsp3) is 0.400. The molecule has 0 fully saturated rings. The second-order valence-electron chi connectivity index (χ2n) is 3.58. The number of urea groups is 1. The van der Waals surface area contributed by atoms with E-state index in [4.69, 9.17) is 5.11 Å². The van der Waals surface area contributed by atoms with Crippen LogP contribution in [0.2, 0.25) is 0 Å². The third kappa shape index (κ3) is 3.76. The Balaban J connectivity index is 2.87. The number of nitrogens with one attached hydrogen (secondary N) is 1. The van der Waals surface area contributed by atoms with Crippen molar-refractivity contribution in [1.29, 1.82) is 0 Å². The fourth-order valence-electron chi connectivity index (χ4n) is 1.26. The summed E-state index contributed by atoms with van der Waals surface area (Å²) in [4.78, 5) is 23.5. The zero-order valence-corrected chi connectivity index (χ0v) is 12.2. The first kappa shape index (κ1) is 15.1. The van der Waals surface area contributed by atoms with Gasteiger partial charge < -0.3 is 15.0 Å². The summed E-state index contributed by atoms with van der Waals surface area (Å²) in [7, 11) is 1.59. The molecule has 0 bridgehead atoms. The first-order chi connectivity index (χ1) is 8.47. The molecule has 18 heavy (non-hydrogen) atoms. The second-order valence-corrected chi connectivity index (χ2v) is 4.90. The lowest BCUT2D eigenvalue weighted by atomic mass is 10.4. The summed E-state index contributed by atoms with van der Waals surface area (Å²) in [5.41, 5.74) is -0.179.